The summed E-state index contributed by atoms with van der Waals surface area (Å²) in [6.45, 7) is 2.24. The van der Waals surface area contributed by atoms with Gasteiger partial charge in [-0.25, -0.2) is 9.48 Å². The van der Waals surface area contributed by atoms with Gasteiger partial charge in [-0.1, -0.05) is 64.8 Å². The van der Waals surface area contributed by atoms with Crippen molar-refractivity contribution in [3.05, 3.63) is 111 Å². The van der Waals surface area contributed by atoms with Crippen molar-refractivity contribution in [2.24, 2.45) is 0 Å². The summed E-state index contributed by atoms with van der Waals surface area (Å²) in [5, 5.41) is 11.9. The Morgan fingerprint density at radius 3 is 2.50 bits per heavy atom. The number of hydrogen-bond acceptors (Lipinski definition) is 5. The van der Waals surface area contributed by atoms with E-state index in [1.54, 1.807) is 66.2 Å². The minimum atomic E-state index is -0.413. The lowest BCUT2D eigenvalue weighted by Gasteiger charge is -2.08. The third kappa shape index (κ3) is 5.62. The van der Waals surface area contributed by atoms with Crippen molar-refractivity contribution < 1.29 is 14.3 Å². The van der Waals surface area contributed by atoms with Crippen LogP contribution in [0.5, 0.6) is 0 Å². The number of carbonyl (C=O) groups excluding carboxylic acids is 2. The van der Waals surface area contributed by atoms with Gasteiger partial charge < -0.3 is 10.1 Å². The minimum absolute atomic E-state index is 0.0797. The highest BCUT2D eigenvalue weighted by molar-refractivity contribution is 6.42. The van der Waals surface area contributed by atoms with Crippen molar-refractivity contribution in [2.45, 2.75) is 20.1 Å². The van der Waals surface area contributed by atoms with Crippen LogP contribution in [0.1, 0.15) is 37.7 Å². The number of hydrogen-bond donors (Lipinski definition) is 1. The van der Waals surface area contributed by atoms with Gasteiger partial charge in [0.2, 0.25) is 0 Å². The summed E-state index contributed by atoms with van der Waals surface area (Å²) in [6, 6.07) is 21.1. The molecule has 0 atom stereocenters. The van der Waals surface area contributed by atoms with E-state index in [-0.39, 0.29) is 12.3 Å². The number of nitrogens with one attached hydrogen (secondary N) is 1. The van der Waals surface area contributed by atoms with Gasteiger partial charge in [0.1, 0.15) is 6.61 Å². The molecule has 0 spiro atoms. The molecule has 0 fully saturated rings. The van der Waals surface area contributed by atoms with Crippen molar-refractivity contribution in [3.8, 4) is 0 Å². The zero-order valence-corrected chi connectivity index (χ0v) is 19.7. The van der Waals surface area contributed by atoms with Crippen LogP contribution in [0.25, 0.3) is 0 Å². The van der Waals surface area contributed by atoms with E-state index < -0.39 is 11.9 Å². The molecule has 0 radical (unpaired) electrons. The second kappa shape index (κ2) is 10.5. The van der Waals surface area contributed by atoms with Gasteiger partial charge in [-0.05, 0) is 54.4 Å². The van der Waals surface area contributed by atoms with Gasteiger partial charge >= 0.3 is 5.97 Å². The highest BCUT2D eigenvalue weighted by Crippen LogP contribution is 2.23. The fourth-order valence-electron chi connectivity index (χ4n) is 3.27. The first kappa shape index (κ1) is 23.5. The van der Waals surface area contributed by atoms with E-state index in [0.717, 1.165) is 11.1 Å². The molecule has 0 aliphatic carbocycles. The van der Waals surface area contributed by atoms with E-state index in [4.69, 9.17) is 27.9 Å². The first-order chi connectivity index (χ1) is 16.4. The molecule has 7 nitrogen and oxygen atoms in total. The summed E-state index contributed by atoms with van der Waals surface area (Å²) < 4.78 is 6.98. The number of amides is 1. The highest BCUT2D eigenvalue weighted by Gasteiger charge is 2.17. The molecule has 0 saturated carbocycles. The first-order valence-corrected chi connectivity index (χ1v) is 11.1. The quantitative estimate of drug-likeness (QED) is 0.340. The molecule has 1 N–H and O–H groups in total. The average molecular weight is 495 g/mol. The van der Waals surface area contributed by atoms with Crippen molar-refractivity contribution in [2.75, 3.05) is 5.32 Å². The van der Waals surface area contributed by atoms with Crippen LogP contribution < -0.4 is 5.32 Å². The van der Waals surface area contributed by atoms with Crippen molar-refractivity contribution in [3.63, 3.8) is 0 Å². The van der Waals surface area contributed by atoms with Gasteiger partial charge in [-0.15, -0.1) is 5.10 Å². The van der Waals surface area contributed by atoms with Crippen molar-refractivity contribution >= 4 is 40.8 Å². The lowest BCUT2D eigenvalue weighted by atomic mass is 10.2. The molecule has 4 rings (SSSR count). The predicted molar refractivity (Wildman–Crippen MR) is 130 cm³/mol. The molecule has 34 heavy (non-hydrogen) atoms. The molecule has 1 heterocycles. The number of halogens is 2. The van der Waals surface area contributed by atoms with Crippen LogP contribution in [0.3, 0.4) is 0 Å². The highest BCUT2D eigenvalue weighted by atomic mass is 35.5. The Morgan fingerprint density at radius 1 is 0.941 bits per heavy atom. The molecule has 1 amide bonds. The van der Waals surface area contributed by atoms with E-state index in [2.05, 4.69) is 15.6 Å². The molecule has 0 aliphatic rings. The maximum Gasteiger partial charge on any atom is 0.338 e. The number of anilines is 1. The van der Waals surface area contributed by atoms with Crippen LogP contribution in [0, 0.1) is 6.92 Å². The molecule has 0 unspecified atom stereocenters. The van der Waals surface area contributed by atoms with Crippen LogP contribution >= 0.6 is 23.2 Å². The van der Waals surface area contributed by atoms with Gasteiger partial charge in [0.15, 0.2) is 5.69 Å². The van der Waals surface area contributed by atoms with E-state index in [0.29, 0.717) is 33.5 Å². The smallest absolute Gasteiger partial charge is 0.338 e. The van der Waals surface area contributed by atoms with E-state index in [1.165, 1.54) is 0 Å². The first-order valence-electron chi connectivity index (χ1n) is 10.4. The SMILES string of the molecule is Cc1c(C(=O)Nc2cccc(COC(=O)c3ccccc3)c2)nnn1Cc1ccc(Cl)c(Cl)c1. The van der Waals surface area contributed by atoms with Crippen molar-refractivity contribution in [1.82, 2.24) is 15.0 Å². The third-order valence-corrected chi connectivity index (χ3v) is 5.82. The summed E-state index contributed by atoms with van der Waals surface area (Å²) in [4.78, 5) is 25.0. The van der Waals surface area contributed by atoms with Crippen LogP contribution in [0.2, 0.25) is 10.0 Å². The number of esters is 1. The fraction of sp³-hybridized carbons (Fsp3) is 0.120. The van der Waals surface area contributed by atoms with Gasteiger partial charge in [-0.2, -0.15) is 0 Å². The standard InChI is InChI=1S/C25H20Cl2N4O3/c1-16-23(29-30-31(16)14-17-10-11-21(26)22(27)13-17)24(32)28-20-9-5-6-18(12-20)15-34-25(33)19-7-3-2-4-8-19/h2-13H,14-15H2,1H3,(H,28,32). The molecule has 172 valence electrons. The summed E-state index contributed by atoms with van der Waals surface area (Å²) in [7, 11) is 0. The van der Waals surface area contributed by atoms with Crippen LogP contribution in [0.15, 0.2) is 72.8 Å². The van der Waals surface area contributed by atoms with E-state index in [1.807, 2.05) is 18.2 Å². The Hall–Kier alpha value is -3.68. The number of benzene rings is 3. The molecule has 4 aromatic rings. The van der Waals surface area contributed by atoms with Gasteiger partial charge in [-0.3, -0.25) is 4.79 Å². The Bertz CT molecular complexity index is 1340. The predicted octanol–water partition coefficient (Wildman–Crippen LogP) is 5.55. The van der Waals surface area contributed by atoms with Crippen molar-refractivity contribution in [1.29, 1.82) is 0 Å². The summed E-state index contributed by atoms with van der Waals surface area (Å²) in [6.07, 6.45) is 0. The molecular weight excluding hydrogens is 475 g/mol. The number of ether oxygens (including phenoxy) is 1. The Morgan fingerprint density at radius 2 is 1.74 bits per heavy atom. The second-order valence-electron chi connectivity index (χ2n) is 7.53. The third-order valence-electron chi connectivity index (χ3n) is 5.08. The topological polar surface area (TPSA) is 86.1 Å². The maximum absolute atomic E-state index is 12.8. The largest absolute Gasteiger partial charge is 0.457 e. The molecule has 1 aromatic heterocycles. The van der Waals surface area contributed by atoms with Gasteiger partial charge in [0.25, 0.3) is 5.91 Å². The molecule has 0 saturated heterocycles. The zero-order chi connectivity index (χ0) is 24.1. The summed E-state index contributed by atoms with van der Waals surface area (Å²) >= 11 is 12.0. The Balaban J connectivity index is 1.40. The molecule has 0 aliphatic heterocycles. The van der Waals surface area contributed by atoms with Crippen LogP contribution in [-0.4, -0.2) is 26.9 Å². The van der Waals surface area contributed by atoms with E-state index in [9.17, 15) is 9.59 Å². The van der Waals surface area contributed by atoms with E-state index >= 15 is 0 Å². The molecule has 9 heteroatoms. The molecule has 3 aromatic carbocycles. The van der Waals surface area contributed by atoms with Crippen LogP contribution in [0.4, 0.5) is 5.69 Å². The maximum atomic E-state index is 12.8. The number of aromatic nitrogens is 3. The molecular formula is C25H20Cl2N4O3. The van der Waals surface area contributed by atoms with Gasteiger partial charge in [0, 0.05) is 5.69 Å². The number of rotatable bonds is 7. The monoisotopic (exact) mass is 494 g/mol. The summed E-state index contributed by atoms with van der Waals surface area (Å²) in [5.41, 5.74) is 3.47. The normalized spacial score (nSPS) is 10.7. The lowest BCUT2D eigenvalue weighted by Crippen LogP contribution is -2.15. The minimum Gasteiger partial charge on any atom is -0.457 e. The molecule has 0 bridgehead atoms. The average Bonchev–Trinajstić information content (AvgIpc) is 3.20. The second-order valence-corrected chi connectivity index (χ2v) is 8.34. The van der Waals surface area contributed by atoms with Gasteiger partial charge in [0.05, 0.1) is 27.8 Å². The number of carbonyl (C=O) groups is 2. The lowest BCUT2D eigenvalue weighted by molar-refractivity contribution is 0.0472. The Kier molecular flexibility index (Phi) is 7.25. The van der Waals surface area contributed by atoms with Crippen LogP contribution in [-0.2, 0) is 17.9 Å². The zero-order valence-electron chi connectivity index (χ0n) is 18.2. The summed E-state index contributed by atoms with van der Waals surface area (Å²) in [5.74, 6) is -0.805. The number of nitrogens with zero attached hydrogens (tertiary/aromatic N) is 3. The fourth-order valence-corrected chi connectivity index (χ4v) is 3.59. The Labute approximate surface area is 206 Å².